The van der Waals surface area contributed by atoms with E-state index in [1.807, 2.05) is 24.1 Å². The molecular weight excluding hydrogens is 310 g/mol. The van der Waals surface area contributed by atoms with E-state index >= 15 is 0 Å². The number of carbonyl (C=O) groups is 1. The van der Waals surface area contributed by atoms with Crippen LogP contribution in [0.15, 0.2) is 42.5 Å². The maximum Gasteiger partial charge on any atom is 0.238 e. The van der Waals surface area contributed by atoms with Gasteiger partial charge in [0.15, 0.2) is 0 Å². The average Bonchev–Trinajstić information content (AvgIpc) is 2.57. The molecule has 2 aromatic rings. The molecule has 0 unspecified atom stereocenters. The van der Waals surface area contributed by atoms with Gasteiger partial charge < -0.3 is 5.32 Å². The van der Waals surface area contributed by atoms with Gasteiger partial charge in [-0.1, -0.05) is 24.3 Å². The molecule has 1 amide bonds. The van der Waals surface area contributed by atoms with Gasteiger partial charge in [0.2, 0.25) is 5.91 Å². The first-order valence-corrected chi connectivity index (χ1v) is 8.07. The van der Waals surface area contributed by atoms with Gasteiger partial charge in [-0.05, 0) is 49.6 Å². The van der Waals surface area contributed by atoms with Crippen molar-refractivity contribution in [1.29, 1.82) is 0 Å². The van der Waals surface area contributed by atoms with Crippen LogP contribution in [0.5, 0.6) is 0 Å². The number of aryl methyl sites for hydroxylation is 1. The van der Waals surface area contributed by atoms with Crippen molar-refractivity contribution in [2.45, 2.75) is 25.3 Å². The number of hydrogen-bond acceptors (Lipinski definition) is 2. The fourth-order valence-electron chi connectivity index (χ4n) is 3.30. The topological polar surface area (TPSA) is 32.3 Å². The van der Waals surface area contributed by atoms with Gasteiger partial charge in [0, 0.05) is 12.1 Å². The van der Waals surface area contributed by atoms with Gasteiger partial charge >= 0.3 is 0 Å². The van der Waals surface area contributed by atoms with E-state index in [1.54, 1.807) is 0 Å². The normalized spacial score (nSPS) is 16.8. The number of nitrogens with one attached hydrogen (secondary N) is 1. The molecule has 0 radical (unpaired) electrons. The summed E-state index contributed by atoms with van der Waals surface area (Å²) in [5.74, 6) is -1.75. The van der Waals surface area contributed by atoms with Crippen LogP contribution in [0.4, 0.5) is 14.5 Å². The zero-order valence-electron chi connectivity index (χ0n) is 13.6. The number of carbonyl (C=O) groups excluding carboxylic acids is 1. The highest BCUT2D eigenvalue weighted by molar-refractivity contribution is 5.92. The maximum atomic E-state index is 13.6. The number of benzene rings is 2. The zero-order chi connectivity index (χ0) is 17.1. The molecule has 3 rings (SSSR count). The van der Waals surface area contributed by atoms with Crippen molar-refractivity contribution in [2.75, 3.05) is 18.9 Å². The van der Waals surface area contributed by atoms with Crippen LogP contribution in [0.2, 0.25) is 0 Å². The number of nitrogens with zero attached hydrogens (tertiary/aromatic N) is 1. The van der Waals surface area contributed by atoms with Crippen LogP contribution in [0, 0.1) is 11.6 Å². The first-order chi connectivity index (χ1) is 11.5. The zero-order valence-corrected chi connectivity index (χ0v) is 13.6. The van der Waals surface area contributed by atoms with Crippen molar-refractivity contribution in [1.82, 2.24) is 4.90 Å². The first-order valence-electron chi connectivity index (χ1n) is 8.07. The molecule has 0 heterocycles. The van der Waals surface area contributed by atoms with Crippen LogP contribution in [0.25, 0.3) is 0 Å². The fraction of sp³-hybridized carbons (Fsp3) is 0.316. The molecule has 1 aliphatic carbocycles. The van der Waals surface area contributed by atoms with Crippen LogP contribution in [-0.2, 0) is 11.2 Å². The van der Waals surface area contributed by atoms with E-state index in [0.717, 1.165) is 31.4 Å². The van der Waals surface area contributed by atoms with Gasteiger partial charge in [0.25, 0.3) is 0 Å². The number of hydrogen-bond donors (Lipinski definition) is 1. The summed E-state index contributed by atoms with van der Waals surface area (Å²) in [6.45, 7) is 0.149. The summed E-state index contributed by atoms with van der Waals surface area (Å²) in [4.78, 5) is 14.2. The van der Waals surface area contributed by atoms with E-state index in [-0.39, 0.29) is 24.2 Å². The van der Waals surface area contributed by atoms with Gasteiger partial charge in [-0.2, -0.15) is 0 Å². The van der Waals surface area contributed by atoms with Crippen molar-refractivity contribution in [3.05, 3.63) is 65.2 Å². The molecule has 0 bridgehead atoms. The van der Waals surface area contributed by atoms with Crippen molar-refractivity contribution < 1.29 is 13.6 Å². The number of rotatable bonds is 4. The van der Waals surface area contributed by atoms with Gasteiger partial charge in [0.1, 0.15) is 11.6 Å². The molecule has 1 N–H and O–H groups in total. The molecule has 0 aromatic heterocycles. The molecular formula is C19H20F2N2O. The maximum absolute atomic E-state index is 13.6. The van der Waals surface area contributed by atoms with Crippen molar-refractivity contribution >= 4 is 11.6 Å². The Morgan fingerprint density at radius 3 is 2.83 bits per heavy atom. The number of likely N-dealkylation sites (N-methyl/N-ethyl adjacent to an activating group) is 1. The van der Waals surface area contributed by atoms with E-state index in [4.69, 9.17) is 0 Å². The average molecular weight is 330 g/mol. The summed E-state index contributed by atoms with van der Waals surface area (Å²) in [5, 5.41) is 2.51. The molecule has 1 aliphatic rings. The third-order valence-corrected chi connectivity index (χ3v) is 4.47. The van der Waals surface area contributed by atoms with Crippen LogP contribution < -0.4 is 5.32 Å². The predicted molar refractivity (Wildman–Crippen MR) is 89.7 cm³/mol. The van der Waals surface area contributed by atoms with Gasteiger partial charge in [-0.25, -0.2) is 8.78 Å². The van der Waals surface area contributed by atoms with E-state index in [0.29, 0.717) is 0 Å². The Bertz CT molecular complexity index is 748. The number of fused-ring (bicyclic) bond motifs is 1. The van der Waals surface area contributed by atoms with E-state index in [9.17, 15) is 13.6 Å². The Labute approximate surface area is 140 Å². The van der Waals surface area contributed by atoms with E-state index < -0.39 is 11.6 Å². The van der Waals surface area contributed by atoms with Crippen molar-refractivity contribution in [2.24, 2.45) is 0 Å². The molecule has 5 heteroatoms. The quantitative estimate of drug-likeness (QED) is 0.922. The highest BCUT2D eigenvalue weighted by atomic mass is 19.1. The first kappa shape index (κ1) is 16.6. The molecule has 0 saturated carbocycles. The second-order valence-electron chi connectivity index (χ2n) is 6.19. The summed E-state index contributed by atoms with van der Waals surface area (Å²) >= 11 is 0. The standard InChI is InChI=1S/C19H20F2N2O/c1-23(18-8-4-6-13-5-2-3-7-15(13)18)12-19(24)22-17-10-9-14(20)11-16(17)21/h2-3,5,7,9-11,18H,4,6,8,12H2,1H3,(H,22,24)/t18-/m1/s1. The summed E-state index contributed by atoms with van der Waals surface area (Å²) in [7, 11) is 1.90. The van der Waals surface area contributed by atoms with Gasteiger partial charge in [-0.15, -0.1) is 0 Å². The lowest BCUT2D eigenvalue weighted by atomic mass is 9.87. The molecule has 1 atom stereocenters. The van der Waals surface area contributed by atoms with Crippen LogP contribution in [0.1, 0.15) is 30.0 Å². The summed E-state index contributed by atoms with van der Waals surface area (Å²) < 4.78 is 26.5. The predicted octanol–water partition coefficient (Wildman–Crippen LogP) is 3.91. The molecule has 0 aliphatic heterocycles. The van der Waals surface area contributed by atoms with Gasteiger partial charge in [0.05, 0.1) is 12.2 Å². The van der Waals surface area contributed by atoms with E-state index in [2.05, 4.69) is 17.4 Å². The minimum Gasteiger partial charge on any atom is -0.322 e. The van der Waals surface area contributed by atoms with Crippen molar-refractivity contribution in [3.63, 3.8) is 0 Å². The fourth-order valence-corrected chi connectivity index (χ4v) is 3.30. The van der Waals surface area contributed by atoms with Crippen LogP contribution in [0.3, 0.4) is 0 Å². The number of amides is 1. The highest BCUT2D eigenvalue weighted by Gasteiger charge is 2.24. The monoisotopic (exact) mass is 330 g/mol. The smallest absolute Gasteiger partial charge is 0.238 e. The second kappa shape index (κ2) is 7.09. The lowest BCUT2D eigenvalue weighted by Crippen LogP contribution is -2.35. The molecule has 126 valence electrons. The summed E-state index contributed by atoms with van der Waals surface area (Å²) in [6.07, 6.45) is 3.14. The highest BCUT2D eigenvalue weighted by Crippen LogP contribution is 2.33. The Kier molecular flexibility index (Phi) is 4.90. The molecule has 0 spiro atoms. The SMILES string of the molecule is CN(CC(=O)Nc1ccc(F)cc1F)[C@@H]1CCCc2ccccc21. The lowest BCUT2D eigenvalue weighted by Gasteiger charge is -2.32. The van der Waals surface area contributed by atoms with E-state index in [1.165, 1.54) is 17.2 Å². The minimum atomic E-state index is -0.769. The third-order valence-electron chi connectivity index (χ3n) is 4.47. The van der Waals surface area contributed by atoms with Crippen LogP contribution >= 0.6 is 0 Å². The Balaban J connectivity index is 1.67. The summed E-state index contributed by atoms with van der Waals surface area (Å²) in [6, 6.07) is 11.6. The molecule has 0 fully saturated rings. The Hall–Kier alpha value is -2.27. The summed E-state index contributed by atoms with van der Waals surface area (Å²) in [5.41, 5.74) is 2.58. The van der Waals surface area contributed by atoms with Crippen LogP contribution in [-0.4, -0.2) is 24.4 Å². The van der Waals surface area contributed by atoms with Gasteiger partial charge in [-0.3, -0.25) is 9.69 Å². The molecule has 3 nitrogen and oxygen atoms in total. The third kappa shape index (κ3) is 3.62. The molecule has 2 aromatic carbocycles. The van der Waals surface area contributed by atoms with Crippen molar-refractivity contribution in [3.8, 4) is 0 Å². The molecule has 24 heavy (non-hydrogen) atoms. The lowest BCUT2D eigenvalue weighted by molar-refractivity contribution is -0.117. The molecule has 0 saturated heterocycles. The largest absolute Gasteiger partial charge is 0.322 e. The Morgan fingerprint density at radius 1 is 1.25 bits per heavy atom. The Morgan fingerprint density at radius 2 is 2.04 bits per heavy atom. The number of anilines is 1. The minimum absolute atomic E-state index is 0.00107. The second-order valence-corrected chi connectivity index (χ2v) is 6.19. The number of halogens is 2.